The van der Waals surface area contributed by atoms with Gasteiger partial charge < -0.3 is 5.32 Å². The van der Waals surface area contributed by atoms with Gasteiger partial charge in [0, 0.05) is 22.9 Å². The van der Waals surface area contributed by atoms with Crippen molar-refractivity contribution in [1.29, 1.82) is 0 Å². The van der Waals surface area contributed by atoms with E-state index in [4.69, 9.17) is 23.2 Å². The Morgan fingerprint density at radius 2 is 1.80 bits per heavy atom. The molecular formula is C16H13Cl2NO. The minimum Gasteiger partial charge on any atom is -0.360 e. The molecule has 0 saturated carbocycles. The lowest BCUT2D eigenvalue weighted by molar-refractivity contribution is 0.104. The molecule has 0 unspecified atom stereocenters. The molecule has 0 fully saturated rings. The zero-order valence-corrected chi connectivity index (χ0v) is 12.4. The van der Waals surface area contributed by atoms with Crippen LogP contribution in [0.15, 0.2) is 54.7 Å². The molecule has 0 radical (unpaired) electrons. The van der Waals surface area contributed by atoms with Crippen molar-refractivity contribution in [1.82, 2.24) is 0 Å². The summed E-state index contributed by atoms with van der Waals surface area (Å²) in [5.74, 6) is -0.0735. The van der Waals surface area contributed by atoms with Crippen molar-refractivity contribution in [3.8, 4) is 0 Å². The number of carbonyl (C=O) groups is 1. The number of nitrogens with one attached hydrogen (secondary N) is 1. The first-order chi connectivity index (χ1) is 9.56. The van der Waals surface area contributed by atoms with Crippen molar-refractivity contribution < 1.29 is 4.79 Å². The van der Waals surface area contributed by atoms with Crippen LogP contribution in [0.5, 0.6) is 0 Å². The first-order valence-corrected chi connectivity index (χ1v) is 6.81. The van der Waals surface area contributed by atoms with Crippen LogP contribution in [0, 0.1) is 6.92 Å². The number of allylic oxidation sites excluding steroid dienone is 1. The highest BCUT2D eigenvalue weighted by atomic mass is 35.5. The highest BCUT2D eigenvalue weighted by molar-refractivity contribution is 6.35. The minimum atomic E-state index is -0.0735. The maximum Gasteiger partial charge on any atom is 0.187 e. The molecule has 2 aromatic rings. The van der Waals surface area contributed by atoms with E-state index < -0.39 is 0 Å². The van der Waals surface area contributed by atoms with Gasteiger partial charge in [-0.2, -0.15) is 0 Å². The molecular weight excluding hydrogens is 293 g/mol. The molecule has 0 aliphatic rings. The van der Waals surface area contributed by atoms with Crippen LogP contribution in [0.25, 0.3) is 0 Å². The normalized spacial score (nSPS) is 10.8. The Balaban J connectivity index is 2.04. The number of benzene rings is 2. The molecule has 20 heavy (non-hydrogen) atoms. The van der Waals surface area contributed by atoms with Gasteiger partial charge in [-0.05, 0) is 25.1 Å². The maximum atomic E-state index is 11.9. The molecule has 0 spiro atoms. The monoisotopic (exact) mass is 305 g/mol. The van der Waals surface area contributed by atoms with Gasteiger partial charge in [0.2, 0.25) is 0 Å². The summed E-state index contributed by atoms with van der Waals surface area (Å²) in [6.07, 6.45) is 3.02. The average Bonchev–Trinajstić information content (AvgIpc) is 2.43. The van der Waals surface area contributed by atoms with E-state index >= 15 is 0 Å². The van der Waals surface area contributed by atoms with Gasteiger partial charge in [0.25, 0.3) is 0 Å². The van der Waals surface area contributed by atoms with E-state index in [9.17, 15) is 4.79 Å². The zero-order valence-electron chi connectivity index (χ0n) is 10.9. The molecule has 0 heterocycles. The number of hydrogen-bond acceptors (Lipinski definition) is 2. The quantitative estimate of drug-likeness (QED) is 0.628. The van der Waals surface area contributed by atoms with Crippen LogP contribution in [-0.2, 0) is 0 Å². The van der Waals surface area contributed by atoms with Crippen molar-refractivity contribution in [2.24, 2.45) is 0 Å². The van der Waals surface area contributed by atoms with E-state index in [1.54, 1.807) is 36.5 Å². The third-order valence-corrected chi connectivity index (χ3v) is 3.30. The van der Waals surface area contributed by atoms with Gasteiger partial charge in [-0.1, -0.05) is 53.0 Å². The summed E-state index contributed by atoms with van der Waals surface area (Å²) in [6.45, 7) is 1.98. The number of hydrogen-bond donors (Lipinski definition) is 1. The number of halogens is 2. The summed E-state index contributed by atoms with van der Waals surface area (Å²) in [5, 5.41) is 4.07. The fourth-order valence-electron chi connectivity index (χ4n) is 1.63. The van der Waals surface area contributed by atoms with E-state index in [0.29, 0.717) is 21.3 Å². The van der Waals surface area contributed by atoms with Crippen LogP contribution in [0.4, 0.5) is 5.69 Å². The number of carbonyl (C=O) groups excluding carboxylic acids is 1. The van der Waals surface area contributed by atoms with Crippen LogP contribution < -0.4 is 5.32 Å². The molecule has 0 atom stereocenters. The Bertz CT molecular complexity index is 648. The molecule has 102 valence electrons. The van der Waals surface area contributed by atoms with E-state index in [1.165, 1.54) is 6.08 Å². The number of ketones is 1. The molecule has 0 aromatic heterocycles. The molecule has 0 bridgehead atoms. The topological polar surface area (TPSA) is 29.1 Å². The summed E-state index contributed by atoms with van der Waals surface area (Å²) in [4.78, 5) is 11.9. The standard InChI is InChI=1S/C16H13Cl2NO/c1-11-2-4-12(5-3-11)16(20)8-9-19-15-10-13(17)6-7-14(15)18/h2-10,19H,1H3. The highest BCUT2D eigenvalue weighted by Crippen LogP contribution is 2.25. The summed E-state index contributed by atoms with van der Waals surface area (Å²) in [5.41, 5.74) is 2.42. The Kier molecular flexibility index (Phi) is 4.83. The van der Waals surface area contributed by atoms with Crippen molar-refractivity contribution in [2.45, 2.75) is 6.92 Å². The summed E-state index contributed by atoms with van der Waals surface area (Å²) < 4.78 is 0. The smallest absolute Gasteiger partial charge is 0.187 e. The average molecular weight is 306 g/mol. The second-order valence-corrected chi connectivity index (χ2v) is 5.18. The maximum absolute atomic E-state index is 11.9. The Labute approximate surface area is 128 Å². The van der Waals surface area contributed by atoms with Crippen molar-refractivity contribution in [3.05, 3.63) is 75.9 Å². The predicted octanol–water partition coefficient (Wildman–Crippen LogP) is 5.11. The lowest BCUT2D eigenvalue weighted by atomic mass is 10.1. The Morgan fingerprint density at radius 1 is 1.10 bits per heavy atom. The van der Waals surface area contributed by atoms with Crippen LogP contribution in [0.2, 0.25) is 10.0 Å². The fraction of sp³-hybridized carbons (Fsp3) is 0.0625. The van der Waals surface area contributed by atoms with E-state index in [0.717, 1.165) is 5.56 Å². The minimum absolute atomic E-state index is 0.0735. The second-order valence-electron chi connectivity index (χ2n) is 4.33. The van der Waals surface area contributed by atoms with Gasteiger partial charge in [0.1, 0.15) is 0 Å². The molecule has 2 nitrogen and oxygen atoms in total. The van der Waals surface area contributed by atoms with Crippen LogP contribution in [-0.4, -0.2) is 5.78 Å². The largest absolute Gasteiger partial charge is 0.360 e. The molecule has 0 aliphatic heterocycles. The summed E-state index contributed by atoms with van der Waals surface area (Å²) in [6, 6.07) is 12.5. The zero-order chi connectivity index (χ0) is 14.5. The molecule has 1 N–H and O–H groups in total. The van der Waals surface area contributed by atoms with Crippen molar-refractivity contribution in [2.75, 3.05) is 5.32 Å². The lowest BCUT2D eigenvalue weighted by Crippen LogP contribution is -1.96. The molecule has 4 heteroatoms. The Morgan fingerprint density at radius 3 is 2.50 bits per heavy atom. The number of aryl methyl sites for hydroxylation is 1. The molecule has 0 saturated heterocycles. The summed E-state index contributed by atoms with van der Waals surface area (Å²) in [7, 11) is 0. The van der Waals surface area contributed by atoms with Crippen LogP contribution in [0.1, 0.15) is 15.9 Å². The van der Waals surface area contributed by atoms with Crippen molar-refractivity contribution in [3.63, 3.8) is 0 Å². The van der Waals surface area contributed by atoms with E-state index in [1.807, 2.05) is 19.1 Å². The third kappa shape index (κ3) is 3.86. The first-order valence-electron chi connectivity index (χ1n) is 6.05. The number of anilines is 1. The van der Waals surface area contributed by atoms with E-state index in [2.05, 4.69) is 5.32 Å². The van der Waals surface area contributed by atoms with E-state index in [-0.39, 0.29) is 5.78 Å². The van der Waals surface area contributed by atoms with Gasteiger partial charge in [-0.15, -0.1) is 0 Å². The van der Waals surface area contributed by atoms with Gasteiger partial charge in [0.15, 0.2) is 5.78 Å². The number of rotatable bonds is 4. The Hall–Kier alpha value is -1.77. The van der Waals surface area contributed by atoms with Crippen LogP contribution >= 0.6 is 23.2 Å². The molecule has 2 rings (SSSR count). The molecule has 2 aromatic carbocycles. The lowest BCUT2D eigenvalue weighted by Gasteiger charge is -2.04. The SMILES string of the molecule is Cc1ccc(C(=O)C=CNc2cc(Cl)ccc2Cl)cc1. The molecule has 0 amide bonds. The van der Waals surface area contributed by atoms with Gasteiger partial charge in [0.05, 0.1) is 10.7 Å². The van der Waals surface area contributed by atoms with Gasteiger partial charge in [-0.3, -0.25) is 4.79 Å². The molecule has 0 aliphatic carbocycles. The van der Waals surface area contributed by atoms with Gasteiger partial charge >= 0.3 is 0 Å². The summed E-state index contributed by atoms with van der Waals surface area (Å²) >= 11 is 11.9. The third-order valence-electron chi connectivity index (χ3n) is 2.74. The van der Waals surface area contributed by atoms with Crippen LogP contribution in [0.3, 0.4) is 0 Å². The predicted molar refractivity (Wildman–Crippen MR) is 84.7 cm³/mol. The fourth-order valence-corrected chi connectivity index (χ4v) is 1.97. The second kappa shape index (κ2) is 6.60. The first kappa shape index (κ1) is 14.6. The highest BCUT2D eigenvalue weighted by Gasteiger charge is 2.01. The van der Waals surface area contributed by atoms with Crippen molar-refractivity contribution >= 4 is 34.7 Å². The van der Waals surface area contributed by atoms with Gasteiger partial charge in [-0.25, -0.2) is 0 Å².